The van der Waals surface area contributed by atoms with Gasteiger partial charge in [0.2, 0.25) is 0 Å². The van der Waals surface area contributed by atoms with Crippen LogP contribution < -0.4 is 5.32 Å². The molecule has 0 saturated heterocycles. The quantitative estimate of drug-likeness (QED) is 0.788. The Bertz CT molecular complexity index is 811. The second-order valence-corrected chi connectivity index (χ2v) is 7.20. The van der Waals surface area contributed by atoms with Crippen molar-refractivity contribution in [2.45, 2.75) is 32.2 Å². The maximum absolute atomic E-state index is 12.4. The van der Waals surface area contributed by atoms with Crippen LogP contribution in [0.4, 0.5) is 0 Å². The highest BCUT2D eigenvalue weighted by molar-refractivity contribution is 7.14. The molecule has 0 aliphatic heterocycles. The molecule has 0 saturated carbocycles. The Balaban J connectivity index is 1.39. The number of benzene rings is 1. The highest BCUT2D eigenvalue weighted by Gasteiger charge is 2.16. The number of hydrogen-bond acceptors (Lipinski definition) is 3. The lowest BCUT2D eigenvalue weighted by Gasteiger charge is -2.08. The van der Waals surface area contributed by atoms with Crippen LogP contribution in [0, 0.1) is 0 Å². The summed E-state index contributed by atoms with van der Waals surface area (Å²) in [6, 6.07) is 12.0. The second-order valence-electron chi connectivity index (χ2n) is 6.07. The van der Waals surface area contributed by atoms with Gasteiger partial charge in [0.15, 0.2) is 0 Å². The van der Waals surface area contributed by atoms with E-state index >= 15 is 0 Å². The van der Waals surface area contributed by atoms with Crippen LogP contribution in [-0.4, -0.2) is 15.7 Å². The lowest BCUT2D eigenvalue weighted by atomic mass is 9.99. The zero-order valence-electron chi connectivity index (χ0n) is 13.4. The predicted octanol–water partition coefficient (Wildman–Crippen LogP) is 3.74. The molecule has 4 nitrogen and oxygen atoms in total. The summed E-state index contributed by atoms with van der Waals surface area (Å²) < 4.78 is 1.82. The third-order valence-corrected chi connectivity index (χ3v) is 5.61. The van der Waals surface area contributed by atoms with E-state index in [4.69, 9.17) is 0 Å². The van der Waals surface area contributed by atoms with Gasteiger partial charge in [0.1, 0.15) is 0 Å². The highest BCUT2D eigenvalue weighted by atomic mass is 32.1. The average Bonchev–Trinajstić information content (AvgIpc) is 3.29. The molecule has 0 fully saturated rings. The Morgan fingerprint density at radius 3 is 2.79 bits per heavy atom. The van der Waals surface area contributed by atoms with Crippen molar-refractivity contribution in [3.05, 3.63) is 69.7 Å². The van der Waals surface area contributed by atoms with E-state index in [0.717, 1.165) is 29.0 Å². The molecular weight excluding hydrogens is 318 g/mol. The normalized spacial score (nSPS) is 13.5. The fraction of sp³-hybridized carbons (Fsp3) is 0.263. The summed E-state index contributed by atoms with van der Waals surface area (Å²) >= 11 is 1.66. The van der Waals surface area contributed by atoms with Crippen molar-refractivity contribution in [2.75, 3.05) is 0 Å². The molecule has 1 amide bonds. The zero-order chi connectivity index (χ0) is 16.4. The number of thiophene rings is 1. The molecule has 4 rings (SSSR count). The molecule has 0 spiro atoms. The summed E-state index contributed by atoms with van der Waals surface area (Å²) in [5.74, 6) is 0.0329. The molecule has 5 heteroatoms. The number of nitrogens with zero attached hydrogens (tertiary/aromatic N) is 2. The Labute approximate surface area is 145 Å². The van der Waals surface area contributed by atoms with Crippen molar-refractivity contribution in [1.29, 1.82) is 0 Å². The van der Waals surface area contributed by atoms with E-state index in [2.05, 4.69) is 16.5 Å². The lowest BCUT2D eigenvalue weighted by Crippen LogP contribution is -2.21. The average molecular weight is 337 g/mol. The zero-order valence-corrected chi connectivity index (χ0v) is 14.2. The summed E-state index contributed by atoms with van der Waals surface area (Å²) in [6.45, 7) is 0.542. The van der Waals surface area contributed by atoms with E-state index in [9.17, 15) is 4.79 Å². The van der Waals surface area contributed by atoms with Crippen LogP contribution in [-0.2, 0) is 19.4 Å². The number of aryl methyl sites for hydroxylation is 2. The Morgan fingerprint density at radius 2 is 2.04 bits per heavy atom. The monoisotopic (exact) mass is 337 g/mol. The van der Waals surface area contributed by atoms with Crippen molar-refractivity contribution in [3.63, 3.8) is 0 Å². The van der Waals surface area contributed by atoms with Crippen LogP contribution in [0.25, 0.3) is 5.69 Å². The summed E-state index contributed by atoms with van der Waals surface area (Å²) in [7, 11) is 0. The molecule has 1 aliphatic carbocycles. The van der Waals surface area contributed by atoms with Gasteiger partial charge in [-0.1, -0.05) is 12.1 Å². The van der Waals surface area contributed by atoms with E-state index in [-0.39, 0.29) is 5.91 Å². The van der Waals surface area contributed by atoms with Gasteiger partial charge in [-0.15, -0.1) is 11.3 Å². The Morgan fingerprint density at radius 1 is 1.21 bits per heavy atom. The van der Waals surface area contributed by atoms with Gasteiger partial charge in [0.25, 0.3) is 5.91 Å². The highest BCUT2D eigenvalue weighted by Crippen LogP contribution is 2.29. The van der Waals surface area contributed by atoms with Gasteiger partial charge >= 0.3 is 0 Å². The van der Waals surface area contributed by atoms with Gasteiger partial charge < -0.3 is 5.32 Å². The molecule has 0 atom stereocenters. The smallest absolute Gasteiger partial charge is 0.261 e. The number of fused-ring (bicyclic) bond motifs is 1. The standard InChI is InChI=1S/C19H19N3OS/c23-19(18-12-15-4-1-2-5-17(15)24-18)20-13-14-6-8-16(9-7-14)22-11-3-10-21-22/h3,6-12H,1-2,4-5,13H2,(H,20,23). The molecule has 1 N–H and O–H groups in total. The first-order valence-electron chi connectivity index (χ1n) is 8.28. The van der Waals surface area contributed by atoms with Crippen molar-refractivity contribution in [3.8, 4) is 5.69 Å². The predicted molar refractivity (Wildman–Crippen MR) is 95.7 cm³/mol. The lowest BCUT2D eigenvalue weighted by molar-refractivity contribution is 0.0955. The van der Waals surface area contributed by atoms with Crippen molar-refractivity contribution in [2.24, 2.45) is 0 Å². The van der Waals surface area contributed by atoms with E-state index in [1.165, 1.54) is 23.3 Å². The first kappa shape index (κ1) is 15.1. The van der Waals surface area contributed by atoms with Gasteiger partial charge in [0.05, 0.1) is 10.6 Å². The van der Waals surface area contributed by atoms with Gasteiger partial charge in [-0.3, -0.25) is 4.79 Å². The van der Waals surface area contributed by atoms with Gasteiger partial charge in [-0.2, -0.15) is 5.10 Å². The molecule has 1 aliphatic rings. The van der Waals surface area contributed by atoms with E-state index in [1.807, 2.05) is 41.2 Å². The molecule has 122 valence electrons. The van der Waals surface area contributed by atoms with Crippen molar-refractivity contribution < 1.29 is 4.79 Å². The van der Waals surface area contributed by atoms with Crippen LogP contribution in [0.15, 0.2) is 48.8 Å². The van der Waals surface area contributed by atoms with Crippen LogP contribution in [0.3, 0.4) is 0 Å². The molecule has 1 aromatic carbocycles. The molecule has 3 aromatic rings. The molecule has 24 heavy (non-hydrogen) atoms. The first-order chi connectivity index (χ1) is 11.8. The van der Waals surface area contributed by atoms with Crippen LogP contribution in [0.1, 0.15) is 38.5 Å². The van der Waals surface area contributed by atoms with Crippen LogP contribution in [0.2, 0.25) is 0 Å². The van der Waals surface area contributed by atoms with Crippen LogP contribution in [0.5, 0.6) is 0 Å². The largest absolute Gasteiger partial charge is 0.347 e. The number of amides is 1. The number of hydrogen-bond donors (Lipinski definition) is 1. The third-order valence-electron chi connectivity index (χ3n) is 4.38. The fourth-order valence-electron chi connectivity index (χ4n) is 3.06. The van der Waals surface area contributed by atoms with E-state index in [0.29, 0.717) is 6.54 Å². The second kappa shape index (κ2) is 6.61. The van der Waals surface area contributed by atoms with Gasteiger partial charge in [-0.25, -0.2) is 4.68 Å². The molecule has 2 heterocycles. The van der Waals surface area contributed by atoms with E-state index < -0.39 is 0 Å². The minimum Gasteiger partial charge on any atom is -0.347 e. The first-order valence-corrected chi connectivity index (χ1v) is 9.10. The molecule has 0 radical (unpaired) electrons. The number of carbonyl (C=O) groups excluding carboxylic acids is 1. The summed E-state index contributed by atoms with van der Waals surface area (Å²) in [6.07, 6.45) is 8.41. The topological polar surface area (TPSA) is 46.9 Å². The minimum atomic E-state index is 0.0329. The molecular formula is C19H19N3OS. The fourth-order valence-corrected chi connectivity index (χ4v) is 4.23. The number of carbonyl (C=O) groups is 1. The number of aromatic nitrogens is 2. The summed E-state index contributed by atoms with van der Waals surface area (Å²) in [4.78, 5) is 14.6. The minimum absolute atomic E-state index is 0.0329. The van der Waals surface area contributed by atoms with Gasteiger partial charge in [0, 0.05) is 23.8 Å². The van der Waals surface area contributed by atoms with Crippen molar-refractivity contribution >= 4 is 17.2 Å². The number of nitrogens with one attached hydrogen (secondary N) is 1. The Kier molecular flexibility index (Phi) is 4.17. The van der Waals surface area contributed by atoms with E-state index in [1.54, 1.807) is 17.5 Å². The SMILES string of the molecule is O=C(NCc1ccc(-n2cccn2)cc1)c1cc2c(s1)CCCC2. The van der Waals surface area contributed by atoms with Gasteiger partial charge in [-0.05, 0) is 61.1 Å². The Hall–Kier alpha value is -2.40. The van der Waals surface area contributed by atoms with Crippen LogP contribution >= 0.6 is 11.3 Å². The maximum Gasteiger partial charge on any atom is 0.261 e. The van der Waals surface area contributed by atoms with Crippen molar-refractivity contribution in [1.82, 2.24) is 15.1 Å². The molecule has 0 unspecified atom stereocenters. The summed E-state index contributed by atoms with van der Waals surface area (Å²) in [5, 5.41) is 7.24. The molecule has 2 aromatic heterocycles. The number of rotatable bonds is 4. The maximum atomic E-state index is 12.4. The molecule has 0 bridgehead atoms. The third kappa shape index (κ3) is 3.12. The summed E-state index contributed by atoms with van der Waals surface area (Å²) in [5.41, 5.74) is 3.47.